The van der Waals surface area contributed by atoms with E-state index in [1.165, 1.54) is 0 Å². The zero-order valence-electron chi connectivity index (χ0n) is 9.36. The van der Waals surface area contributed by atoms with Crippen molar-refractivity contribution in [2.75, 3.05) is 13.2 Å². The molecule has 0 aromatic rings. The highest BCUT2D eigenvalue weighted by Gasteiger charge is 2.51. The topological polar surface area (TPSA) is 75.6 Å². The predicted octanol–water partition coefficient (Wildman–Crippen LogP) is 0.392. The third kappa shape index (κ3) is 2.19. The van der Waals surface area contributed by atoms with E-state index in [0.717, 1.165) is 6.42 Å². The summed E-state index contributed by atoms with van der Waals surface area (Å²) in [6.07, 6.45) is 2.15. The monoisotopic (exact) mass is 227 g/mol. The highest BCUT2D eigenvalue weighted by atomic mass is 16.5. The molecule has 2 aliphatic rings. The summed E-state index contributed by atoms with van der Waals surface area (Å²) in [4.78, 5) is 22.5. The third-order valence-corrected chi connectivity index (χ3v) is 3.36. The van der Waals surface area contributed by atoms with Gasteiger partial charge in [-0.15, -0.1) is 0 Å². The number of hydrogen-bond acceptors (Lipinski definition) is 3. The van der Waals surface area contributed by atoms with Crippen LogP contribution in [-0.2, 0) is 14.3 Å². The van der Waals surface area contributed by atoms with Crippen molar-refractivity contribution in [3.8, 4) is 0 Å². The summed E-state index contributed by atoms with van der Waals surface area (Å²) in [6, 6.07) is 0. The van der Waals surface area contributed by atoms with Gasteiger partial charge in [-0.3, -0.25) is 9.59 Å². The molecule has 2 fully saturated rings. The average Bonchev–Trinajstić information content (AvgIpc) is 3.10. The Morgan fingerprint density at radius 3 is 2.69 bits per heavy atom. The molecular weight excluding hydrogens is 210 g/mol. The van der Waals surface area contributed by atoms with Crippen molar-refractivity contribution >= 4 is 11.9 Å². The van der Waals surface area contributed by atoms with Gasteiger partial charge in [0.1, 0.15) is 0 Å². The number of hydrogen-bond donors (Lipinski definition) is 2. The summed E-state index contributed by atoms with van der Waals surface area (Å²) in [6.45, 7) is 2.78. The lowest BCUT2D eigenvalue weighted by Crippen LogP contribution is -2.35. The van der Waals surface area contributed by atoms with Gasteiger partial charge in [0.15, 0.2) is 0 Å². The van der Waals surface area contributed by atoms with Crippen LogP contribution in [-0.4, -0.2) is 36.2 Å². The lowest BCUT2D eigenvalue weighted by molar-refractivity contribution is -0.143. The first kappa shape index (κ1) is 11.4. The highest BCUT2D eigenvalue weighted by Crippen LogP contribution is 2.45. The van der Waals surface area contributed by atoms with Gasteiger partial charge < -0.3 is 15.2 Å². The fourth-order valence-electron chi connectivity index (χ4n) is 1.85. The van der Waals surface area contributed by atoms with Crippen LogP contribution in [0.1, 0.15) is 26.2 Å². The lowest BCUT2D eigenvalue weighted by Gasteiger charge is -2.10. The Morgan fingerprint density at radius 2 is 2.19 bits per heavy atom. The zero-order valence-corrected chi connectivity index (χ0v) is 9.36. The Balaban J connectivity index is 1.71. The second-order valence-electron chi connectivity index (χ2n) is 4.64. The summed E-state index contributed by atoms with van der Waals surface area (Å²) in [7, 11) is 0. The Bertz CT molecular complexity index is 311. The molecule has 2 N–H and O–H groups in total. The number of rotatable bonds is 6. The maximum absolute atomic E-state index is 11.6. The zero-order chi connectivity index (χ0) is 11.8. The van der Waals surface area contributed by atoms with Crippen molar-refractivity contribution in [3.63, 3.8) is 0 Å². The van der Waals surface area contributed by atoms with Gasteiger partial charge in [-0.05, 0) is 26.2 Å². The summed E-state index contributed by atoms with van der Waals surface area (Å²) >= 11 is 0. The lowest BCUT2D eigenvalue weighted by atomic mass is 10.1. The van der Waals surface area contributed by atoms with Gasteiger partial charge in [-0.2, -0.15) is 0 Å². The first-order valence-corrected chi connectivity index (χ1v) is 5.72. The minimum atomic E-state index is -0.801. The second-order valence-corrected chi connectivity index (χ2v) is 4.64. The maximum Gasteiger partial charge on any atom is 0.311 e. The van der Waals surface area contributed by atoms with E-state index >= 15 is 0 Å². The SMILES string of the molecule is CCOC1CC1C(=O)NCC1(C(=O)O)CC1. The standard InChI is InChI=1S/C11H17NO4/c1-2-16-8-5-7(8)9(13)12-6-11(3-4-11)10(14)15/h7-8H,2-6H2,1H3,(H,12,13)(H,14,15). The van der Waals surface area contributed by atoms with Crippen LogP contribution < -0.4 is 5.32 Å². The van der Waals surface area contributed by atoms with Gasteiger partial charge in [0.05, 0.1) is 17.4 Å². The molecule has 2 unspecified atom stereocenters. The molecule has 0 radical (unpaired) electrons. The van der Waals surface area contributed by atoms with Crippen molar-refractivity contribution in [1.82, 2.24) is 5.32 Å². The molecule has 0 aliphatic heterocycles. The molecule has 2 saturated carbocycles. The molecular formula is C11H17NO4. The largest absolute Gasteiger partial charge is 0.481 e. The molecule has 16 heavy (non-hydrogen) atoms. The van der Waals surface area contributed by atoms with Gasteiger partial charge in [0.25, 0.3) is 0 Å². The van der Waals surface area contributed by atoms with E-state index in [1.54, 1.807) is 0 Å². The van der Waals surface area contributed by atoms with Gasteiger partial charge in [0, 0.05) is 13.2 Å². The van der Waals surface area contributed by atoms with Crippen LogP contribution >= 0.6 is 0 Å². The van der Waals surface area contributed by atoms with Crippen LogP contribution in [0.5, 0.6) is 0 Å². The minimum absolute atomic E-state index is 0.0463. The van der Waals surface area contributed by atoms with E-state index in [1.807, 2.05) is 6.92 Å². The first-order chi connectivity index (χ1) is 7.59. The maximum atomic E-state index is 11.6. The minimum Gasteiger partial charge on any atom is -0.481 e. The average molecular weight is 227 g/mol. The Kier molecular flexibility index (Phi) is 2.88. The van der Waals surface area contributed by atoms with Crippen LogP contribution in [0.4, 0.5) is 0 Å². The smallest absolute Gasteiger partial charge is 0.311 e. The Morgan fingerprint density at radius 1 is 1.50 bits per heavy atom. The summed E-state index contributed by atoms with van der Waals surface area (Å²) in [5, 5.41) is 11.6. The molecule has 5 heteroatoms. The number of nitrogens with one attached hydrogen (secondary N) is 1. The van der Waals surface area contributed by atoms with Crippen molar-refractivity contribution in [2.45, 2.75) is 32.3 Å². The molecule has 5 nitrogen and oxygen atoms in total. The van der Waals surface area contributed by atoms with Crippen molar-refractivity contribution in [3.05, 3.63) is 0 Å². The van der Waals surface area contributed by atoms with E-state index in [2.05, 4.69) is 5.32 Å². The van der Waals surface area contributed by atoms with Crippen LogP contribution in [0.2, 0.25) is 0 Å². The van der Waals surface area contributed by atoms with Gasteiger partial charge in [0.2, 0.25) is 5.91 Å². The van der Waals surface area contributed by atoms with Crippen LogP contribution in [0.15, 0.2) is 0 Å². The molecule has 90 valence electrons. The highest BCUT2D eigenvalue weighted by molar-refractivity contribution is 5.84. The molecule has 2 atom stereocenters. The fraction of sp³-hybridized carbons (Fsp3) is 0.818. The Hall–Kier alpha value is -1.10. The summed E-state index contributed by atoms with van der Waals surface area (Å²) in [5.74, 6) is -0.930. The number of carboxylic acids is 1. The van der Waals surface area contributed by atoms with Gasteiger partial charge in [-0.25, -0.2) is 0 Å². The number of carbonyl (C=O) groups excluding carboxylic acids is 1. The van der Waals surface area contributed by atoms with E-state index < -0.39 is 11.4 Å². The number of carbonyl (C=O) groups is 2. The normalized spacial score (nSPS) is 29.6. The van der Waals surface area contributed by atoms with E-state index in [-0.39, 0.29) is 24.5 Å². The summed E-state index contributed by atoms with van der Waals surface area (Å²) < 4.78 is 5.30. The Labute approximate surface area is 94.2 Å². The second kappa shape index (κ2) is 4.05. The van der Waals surface area contributed by atoms with E-state index in [0.29, 0.717) is 19.4 Å². The van der Waals surface area contributed by atoms with Crippen LogP contribution in [0.3, 0.4) is 0 Å². The number of ether oxygens (including phenoxy) is 1. The third-order valence-electron chi connectivity index (χ3n) is 3.36. The molecule has 0 spiro atoms. The molecule has 0 saturated heterocycles. The fourth-order valence-corrected chi connectivity index (χ4v) is 1.85. The van der Waals surface area contributed by atoms with Crippen molar-refractivity contribution in [2.24, 2.45) is 11.3 Å². The quantitative estimate of drug-likeness (QED) is 0.688. The van der Waals surface area contributed by atoms with Gasteiger partial charge >= 0.3 is 5.97 Å². The van der Waals surface area contributed by atoms with Crippen molar-refractivity contribution < 1.29 is 19.4 Å². The van der Waals surface area contributed by atoms with Crippen molar-refractivity contribution in [1.29, 1.82) is 0 Å². The number of aliphatic carboxylic acids is 1. The first-order valence-electron chi connectivity index (χ1n) is 5.72. The molecule has 0 aromatic heterocycles. The number of amides is 1. The van der Waals surface area contributed by atoms with E-state index in [4.69, 9.17) is 9.84 Å². The molecule has 0 aromatic carbocycles. The summed E-state index contributed by atoms with van der Waals surface area (Å²) in [5.41, 5.74) is -0.675. The number of carboxylic acid groups (broad SMARTS) is 1. The molecule has 0 heterocycles. The molecule has 2 aliphatic carbocycles. The molecule has 2 rings (SSSR count). The van der Waals surface area contributed by atoms with Gasteiger partial charge in [-0.1, -0.05) is 0 Å². The molecule has 0 bridgehead atoms. The van der Waals surface area contributed by atoms with Crippen LogP contribution in [0, 0.1) is 11.3 Å². The predicted molar refractivity (Wildman–Crippen MR) is 55.8 cm³/mol. The molecule has 1 amide bonds. The van der Waals surface area contributed by atoms with E-state index in [9.17, 15) is 9.59 Å². The van der Waals surface area contributed by atoms with Crippen LogP contribution in [0.25, 0.3) is 0 Å².